The van der Waals surface area contributed by atoms with Crippen LogP contribution in [0.4, 0.5) is 4.39 Å². The van der Waals surface area contributed by atoms with Gasteiger partial charge in [0.25, 0.3) is 0 Å². The van der Waals surface area contributed by atoms with Crippen LogP contribution in [0.25, 0.3) is 21.3 Å². The van der Waals surface area contributed by atoms with Crippen molar-refractivity contribution in [1.82, 2.24) is 4.98 Å². The van der Waals surface area contributed by atoms with Gasteiger partial charge in [-0.05, 0) is 30.7 Å². The molecule has 1 aromatic heterocycles. The molecule has 17 heavy (non-hydrogen) atoms. The van der Waals surface area contributed by atoms with Crippen molar-refractivity contribution in [3.8, 4) is 11.1 Å². The van der Waals surface area contributed by atoms with Gasteiger partial charge in [-0.3, -0.25) is 0 Å². The zero-order valence-corrected chi connectivity index (χ0v) is 10.1. The molecule has 0 aliphatic rings. The first-order chi connectivity index (χ1) is 8.24. The maximum atomic E-state index is 13.2. The Morgan fingerprint density at radius 1 is 1.12 bits per heavy atom. The summed E-state index contributed by atoms with van der Waals surface area (Å²) in [6, 6.07) is 12.6. The number of aromatic nitrogens is 1. The van der Waals surface area contributed by atoms with Crippen molar-refractivity contribution in [3.05, 3.63) is 53.3 Å². The Labute approximate surface area is 103 Å². The molecule has 0 N–H and O–H groups in total. The summed E-state index contributed by atoms with van der Waals surface area (Å²) >= 11 is 1.66. The van der Waals surface area contributed by atoms with Crippen LogP contribution in [-0.2, 0) is 0 Å². The molecular formula is C14H10FNS. The maximum Gasteiger partial charge on any atom is 0.123 e. The summed E-state index contributed by atoms with van der Waals surface area (Å²) in [4.78, 5) is 4.52. The van der Waals surface area contributed by atoms with E-state index in [1.165, 1.54) is 6.07 Å². The summed E-state index contributed by atoms with van der Waals surface area (Å²) in [7, 11) is 0. The number of thiazole rings is 1. The van der Waals surface area contributed by atoms with Crippen LogP contribution in [-0.4, -0.2) is 4.98 Å². The molecule has 0 saturated carbocycles. The van der Waals surface area contributed by atoms with E-state index < -0.39 is 0 Å². The summed E-state index contributed by atoms with van der Waals surface area (Å²) in [6.07, 6.45) is 0. The van der Waals surface area contributed by atoms with Crippen molar-refractivity contribution in [2.75, 3.05) is 0 Å². The van der Waals surface area contributed by atoms with E-state index in [1.54, 1.807) is 23.5 Å². The second kappa shape index (κ2) is 3.93. The molecule has 1 heterocycles. The summed E-state index contributed by atoms with van der Waals surface area (Å²) in [5, 5.41) is 1.03. The zero-order valence-electron chi connectivity index (χ0n) is 9.27. The second-order valence-electron chi connectivity index (χ2n) is 3.90. The molecule has 0 atom stereocenters. The van der Waals surface area contributed by atoms with E-state index in [-0.39, 0.29) is 5.82 Å². The highest BCUT2D eigenvalue weighted by Crippen LogP contribution is 2.31. The molecular weight excluding hydrogens is 233 g/mol. The Kier molecular flexibility index (Phi) is 2.41. The third-order valence-corrected chi connectivity index (χ3v) is 3.60. The maximum absolute atomic E-state index is 13.2. The number of rotatable bonds is 1. The van der Waals surface area contributed by atoms with E-state index >= 15 is 0 Å². The summed E-state index contributed by atoms with van der Waals surface area (Å²) in [5.41, 5.74) is 2.83. The number of fused-ring (bicyclic) bond motifs is 1. The highest BCUT2D eigenvalue weighted by atomic mass is 32.1. The van der Waals surface area contributed by atoms with Gasteiger partial charge in [-0.1, -0.05) is 24.3 Å². The molecule has 0 radical (unpaired) electrons. The number of hydrogen-bond donors (Lipinski definition) is 0. The van der Waals surface area contributed by atoms with E-state index in [2.05, 4.69) is 4.98 Å². The Balaban J connectivity index is 2.30. The van der Waals surface area contributed by atoms with Crippen molar-refractivity contribution in [2.24, 2.45) is 0 Å². The van der Waals surface area contributed by atoms with Crippen molar-refractivity contribution in [3.63, 3.8) is 0 Å². The third kappa shape index (κ3) is 1.83. The highest BCUT2D eigenvalue weighted by molar-refractivity contribution is 7.18. The average Bonchev–Trinajstić information content (AvgIpc) is 2.68. The van der Waals surface area contributed by atoms with Crippen LogP contribution < -0.4 is 0 Å². The Morgan fingerprint density at radius 3 is 2.76 bits per heavy atom. The van der Waals surface area contributed by atoms with Gasteiger partial charge in [0.2, 0.25) is 0 Å². The number of halogens is 1. The van der Waals surface area contributed by atoms with Crippen LogP contribution in [0.2, 0.25) is 0 Å². The van der Waals surface area contributed by atoms with E-state index in [4.69, 9.17) is 0 Å². The largest absolute Gasteiger partial charge is 0.241 e. The van der Waals surface area contributed by atoms with Crippen LogP contribution in [0.1, 0.15) is 5.01 Å². The van der Waals surface area contributed by atoms with Gasteiger partial charge in [0, 0.05) is 5.56 Å². The highest BCUT2D eigenvalue weighted by Gasteiger charge is 2.08. The Hall–Kier alpha value is -1.74. The molecule has 84 valence electrons. The number of hydrogen-bond acceptors (Lipinski definition) is 2. The molecule has 0 unspecified atom stereocenters. The van der Waals surface area contributed by atoms with Crippen molar-refractivity contribution in [1.29, 1.82) is 0 Å². The van der Waals surface area contributed by atoms with Crippen LogP contribution in [0, 0.1) is 12.7 Å². The molecule has 0 bridgehead atoms. The Morgan fingerprint density at radius 2 is 1.94 bits per heavy atom. The summed E-state index contributed by atoms with van der Waals surface area (Å²) in [5.74, 6) is -0.216. The van der Waals surface area contributed by atoms with Crippen LogP contribution in [0.5, 0.6) is 0 Å². The molecule has 0 fully saturated rings. The molecule has 2 aromatic carbocycles. The van der Waals surface area contributed by atoms with Crippen molar-refractivity contribution in [2.45, 2.75) is 6.92 Å². The minimum Gasteiger partial charge on any atom is -0.241 e. The molecule has 1 nitrogen and oxygen atoms in total. The molecule has 0 saturated heterocycles. The first-order valence-electron chi connectivity index (χ1n) is 5.36. The fraction of sp³-hybridized carbons (Fsp3) is 0.0714. The predicted molar refractivity (Wildman–Crippen MR) is 69.8 cm³/mol. The number of para-hydroxylation sites is 1. The Bertz CT molecular complexity index is 688. The monoisotopic (exact) mass is 243 g/mol. The first kappa shape index (κ1) is 10.4. The lowest BCUT2D eigenvalue weighted by Gasteiger charge is -2.02. The van der Waals surface area contributed by atoms with E-state index in [9.17, 15) is 4.39 Å². The lowest BCUT2D eigenvalue weighted by Crippen LogP contribution is -1.82. The van der Waals surface area contributed by atoms with E-state index in [0.29, 0.717) is 0 Å². The smallest absolute Gasteiger partial charge is 0.123 e. The normalized spacial score (nSPS) is 10.9. The molecule has 0 amide bonds. The molecule has 0 spiro atoms. The molecule has 0 aliphatic carbocycles. The van der Waals surface area contributed by atoms with Gasteiger partial charge in [-0.2, -0.15) is 0 Å². The molecule has 3 aromatic rings. The van der Waals surface area contributed by atoms with E-state index in [0.717, 1.165) is 26.4 Å². The number of benzene rings is 2. The molecule has 0 aliphatic heterocycles. The van der Waals surface area contributed by atoms with Gasteiger partial charge in [-0.15, -0.1) is 11.3 Å². The third-order valence-electron chi connectivity index (χ3n) is 2.66. The standard InChI is InChI=1S/C14H10FNS/c1-9-16-14-12(6-3-7-13(14)17-9)10-4-2-5-11(15)8-10/h2-8H,1H3. The first-order valence-corrected chi connectivity index (χ1v) is 6.18. The fourth-order valence-corrected chi connectivity index (χ4v) is 2.80. The zero-order chi connectivity index (χ0) is 11.8. The van der Waals surface area contributed by atoms with Gasteiger partial charge in [0.1, 0.15) is 5.82 Å². The van der Waals surface area contributed by atoms with E-state index in [1.807, 2.05) is 31.2 Å². The van der Waals surface area contributed by atoms with Gasteiger partial charge in [0.05, 0.1) is 15.2 Å². The molecule has 3 heteroatoms. The van der Waals surface area contributed by atoms with Crippen molar-refractivity contribution < 1.29 is 4.39 Å². The van der Waals surface area contributed by atoms with Crippen molar-refractivity contribution >= 4 is 21.6 Å². The fourth-order valence-electron chi connectivity index (χ4n) is 1.95. The minimum atomic E-state index is -0.216. The van der Waals surface area contributed by atoms with Crippen LogP contribution >= 0.6 is 11.3 Å². The second-order valence-corrected chi connectivity index (χ2v) is 5.13. The topological polar surface area (TPSA) is 12.9 Å². The quantitative estimate of drug-likeness (QED) is 0.617. The summed E-state index contributed by atoms with van der Waals surface area (Å²) < 4.78 is 14.4. The summed E-state index contributed by atoms with van der Waals surface area (Å²) in [6.45, 7) is 1.99. The number of aryl methyl sites for hydroxylation is 1. The van der Waals surface area contributed by atoms with Gasteiger partial charge < -0.3 is 0 Å². The van der Waals surface area contributed by atoms with Gasteiger partial charge >= 0.3 is 0 Å². The molecule has 3 rings (SSSR count). The lowest BCUT2D eigenvalue weighted by molar-refractivity contribution is 0.628. The average molecular weight is 243 g/mol. The van der Waals surface area contributed by atoms with Crippen LogP contribution in [0.15, 0.2) is 42.5 Å². The number of nitrogens with zero attached hydrogens (tertiary/aromatic N) is 1. The van der Waals surface area contributed by atoms with Gasteiger partial charge in [-0.25, -0.2) is 9.37 Å². The lowest BCUT2D eigenvalue weighted by atomic mass is 10.0. The van der Waals surface area contributed by atoms with Crippen LogP contribution in [0.3, 0.4) is 0 Å². The van der Waals surface area contributed by atoms with Gasteiger partial charge in [0.15, 0.2) is 0 Å². The SMILES string of the molecule is Cc1nc2c(-c3cccc(F)c3)cccc2s1. The minimum absolute atomic E-state index is 0.216. The predicted octanol–water partition coefficient (Wildman–Crippen LogP) is 4.41.